The Labute approximate surface area is 106 Å². The van der Waals surface area contributed by atoms with E-state index in [2.05, 4.69) is 29.4 Å². The Bertz CT molecular complexity index is 471. The summed E-state index contributed by atoms with van der Waals surface area (Å²) in [5.74, 6) is 0. The molecule has 1 atom stereocenters. The molecule has 0 saturated carbocycles. The van der Waals surface area contributed by atoms with Crippen LogP contribution in [0.3, 0.4) is 0 Å². The second kappa shape index (κ2) is 5.84. The molecule has 1 unspecified atom stereocenters. The Morgan fingerprint density at radius 2 is 1.88 bits per heavy atom. The molecular weight excluding hydrogens is 228 g/mol. The first kappa shape index (κ1) is 12.1. The lowest BCUT2D eigenvalue weighted by Gasteiger charge is -2.15. The largest absolute Gasteiger partial charge is 0.324 e. The molecule has 0 saturated heterocycles. The molecule has 1 aromatic heterocycles. The molecule has 0 radical (unpaired) electrons. The van der Waals surface area contributed by atoms with Gasteiger partial charge in [0.2, 0.25) is 0 Å². The maximum Gasteiger partial charge on any atom is 0.0346 e. The van der Waals surface area contributed by atoms with Gasteiger partial charge in [-0.05, 0) is 42.0 Å². The van der Waals surface area contributed by atoms with Gasteiger partial charge >= 0.3 is 0 Å². The topological polar surface area (TPSA) is 38.9 Å². The highest BCUT2D eigenvalue weighted by atomic mass is 32.2. The van der Waals surface area contributed by atoms with Crippen LogP contribution in [0.1, 0.15) is 17.2 Å². The highest BCUT2D eigenvalue weighted by molar-refractivity contribution is 7.98. The van der Waals surface area contributed by atoms with Gasteiger partial charge in [-0.1, -0.05) is 18.2 Å². The number of nitrogens with zero attached hydrogens (tertiary/aromatic N) is 1. The predicted octanol–water partition coefficient (Wildman–Crippen LogP) is 3.05. The van der Waals surface area contributed by atoms with Crippen molar-refractivity contribution in [3.8, 4) is 0 Å². The van der Waals surface area contributed by atoms with E-state index in [1.807, 2.05) is 30.6 Å². The zero-order chi connectivity index (χ0) is 12.1. The molecule has 1 heterocycles. The van der Waals surface area contributed by atoms with E-state index < -0.39 is 0 Å². The summed E-state index contributed by atoms with van der Waals surface area (Å²) in [7, 11) is 0. The SMILES string of the molecule is CSc1ccccc1C(N)Cc1ccncc1. The minimum Gasteiger partial charge on any atom is -0.324 e. The molecule has 0 bridgehead atoms. The summed E-state index contributed by atoms with van der Waals surface area (Å²) in [4.78, 5) is 5.27. The summed E-state index contributed by atoms with van der Waals surface area (Å²) < 4.78 is 0. The normalized spacial score (nSPS) is 12.4. The van der Waals surface area contributed by atoms with Gasteiger partial charge < -0.3 is 5.73 Å². The number of aromatic nitrogens is 1. The van der Waals surface area contributed by atoms with Crippen LogP contribution in [-0.2, 0) is 6.42 Å². The summed E-state index contributed by atoms with van der Waals surface area (Å²) in [6, 6.07) is 12.4. The van der Waals surface area contributed by atoms with Crippen molar-refractivity contribution in [3.05, 3.63) is 59.9 Å². The Morgan fingerprint density at radius 3 is 2.59 bits per heavy atom. The molecule has 0 fully saturated rings. The molecule has 2 N–H and O–H groups in total. The van der Waals surface area contributed by atoms with Crippen LogP contribution in [-0.4, -0.2) is 11.2 Å². The molecule has 0 aliphatic carbocycles. The number of pyridine rings is 1. The molecule has 2 aromatic rings. The van der Waals surface area contributed by atoms with E-state index in [1.165, 1.54) is 16.0 Å². The van der Waals surface area contributed by atoms with Gasteiger partial charge in [0, 0.05) is 23.3 Å². The van der Waals surface area contributed by atoms with Crippen molar-refractivity contribution in [2.75, 3.05) is 6.26 Å². The van der Waals surface area contributed by atoms with E-state index in [-0.39, 0.29) is 6.04 Å². The third-order valence-corrected chi connectivity index (χ3v) is 3.55. The average molecular weight is 244 g/mol. The first-order valence-electron chi connectivity index (χ1n) is 5.58. The minimum atomic E-state index is 0.0426. The molecule has 1 aromatic carbocycles. The van der Waals surface area contributed by atoms with Crippen molar-refractivity contribution >= 4 is 11.8 Å². The van der Waals surface area contributed by atoms with Gasteiger partial charge in [-0.2, -0.15) is 0 Å². The fourth-order valence-corrected chi connectivity index (χ4v) is 2.53. The average Bonchev–Trinajstić information content (AvgIpc) is 2.40. The highest BCUT2D eigenvalue weighted by Crippen LogP contribution is 2.26. The van der Waals surface area contributed by atoms with Gasteiger partial charge in [-0.3, -0.25) is 4.98 Å². The molecule has 2 nitrogen and oxygen atoms in total. The van der Waals surface area contributed by atoms with E-state index in [0.717, 1.165) is 6.42 Å². The van der Waals surface area contributed by atoms with Crippen LogP contribution < -0.4 is 5.73 Å². The fourth-order valence-electron chi connectivity index (χ4n) is 1.86. The molecule has 2 rings (SSSR count). The maximum atomic E-state index is 6.27. The zero-order valence-corrected chi connectivity index (χ0v) is 10.7. The molecule has 3 heteroatoms. The Morgan fingerprint density at radius 1 is 1.18 bits per heavy atom. The lowest BCUT2D eigenvalue weighted by molar-refractivity contribution is 0.707. The molecule has 0 spiro atoms. The summed E-state index contributed by atoms with van der Waals surface area (Å²) in [5.41, 5.74) is 8.71. The van der Waals surface area contributed by atoms with Gasteiger partial charge in [0.15, 0.2) is 0 Å². The van der Waals surface area contributed by atoms with E-state index in [1.54, 1.807) is 11.8 Å². The smallest absolute Gasteiger partial charge is 0.0346 e. The van der Waals surface area contributed by atoms with Crippen LogP contribution >= 0.6 is 11.8 Å². The lowest BCUT2D eigenvalue weighted by atomic mass is 10.0. The van der Waals surface area contributed by atoms with Crippen molar-refractivity contribution in [2.45, 2.75) is 17.4 Å². The summed E-state index contributed by atoms with van der Waals surface area (Å²) in [6.45, 7) is 0. The van der Waals surface area contributed by atoms with Crippen LogP contribution in [0.15, 0.2) is 53.7 Å². The maximum absolute atomic E-state index is 6.27. The van der Waals surface area contributed by atoms with Gasteiger partial charge in [0.05, 0.1) is 0 Å². The van der Waals surface area contributed by atoms with Gasteiger partial charge in [0.1, 0.15) is 0 Å². The monoisotopic (exact) mass is 244 g/mol. The van der Waals surface area contributed by atoms with Crippen molar-refractivity contribution in [1.82, 2.24) is 4.98 Å². The third kappa shape index (κ3) is 3.08. The van der Waals surface area contributed by atoms with Gasteiger partial charge in [-0.25, -0.2) is 0 Å². The fraction of sp³-hybridized carbons (Fsp3) is 0.214. The molecule has 0 amide bonds. The second-order valence-corrected chi connectivity index (χ2v) is 4.76. The number of rotatable bonds is 4. The van der Waals surface area contributed by atoms with Crippen molar-refractivity contribution in [2.24, 2.45) is 5.73 Å². The zero-order valence-electron chi connectivity index (χ0n) is 9.84. The van der Waals surface area contributed by atoms with Crippen molar-refractivity contribution in [3.63, 3.8) is 0 Å². The summed E-state index contributed by atoms with van der Waals surface area (Å²) in [5, 5.41) is 0. The Balaban J connectivity index is 2.17. The number of nitrogens with two attached hydrogens (primary N) is 1. The van der Waals surface area contributed by atoms with E-state index >= 15 is 0 Å². The van der Waals surface area contributed by atoms with Crippen molar-refractivity contribution in [1.29, 1.82) is 0 Å². The molecule has 0 aliphatic rings. The Hall–Kier alpha value is -1.32. The first-order chi connectivity index (χ1) is 8.31. The van der Waals surface area contributed by atoms with Gasteiger partial charge in [0.25, 0.3) is 0 Å². The second-order valence-electron chi connectivity index (χ2n) is 3.91. The first-order valence-corrected chi connectivity index (χ1v) is 6.81. The summed E-state index contributed by atoms with van der Waals surface area (Å²) in [6.07, 6.45) is 6.54. The molecule has 17 heavy (non-hydrogen) atoms. The predicted molar refractivity (Wildman–Crippen MR) is 73.1 cm³/mol. The van der Waals surface area contributed by atoms with Gasteiger partial charge in [-0.15, -0.1) is 11.8 Å². The van der Waals surface area contributed by atoms with Crippen LogP contribution in [0.4, 0.5) is 0 Å². The van der Waals surface area contributed by atoms with Crippen LogP contribution in [0.5, 0.6) is 0 Å². The summed E-state index contributed by atoms with van der Waals surface area (Å²) >= 11 is 1.74. The molecule has 0 aliphatic heterocycles. The van der Waals surface area contributed by atoms with Crippen LogP contribution in [0.2, 0.25) is 0 Å². The number of hydrogen-bond donors (Lipinski definition) is 1. The third-order valence-electron chi connectivity index (χ3n) is 2.74. The van der Waals surface area contributed by atoms with Crippen LogP contribution in [0.25, 0.3) is 0 Å². The number of thioether (sulfide) groups is 1. The van der Waals surface area contributed by atoms with E-state index in [4.69, 9.17) is 5.73 Å². The molecular formula is C14H16N2S. The van der Waals surface area contributed by atoms with Crippen LogP contribution in [0, 0.1) is 0 Å². The lowest BCUT2D eigenvalue weighted by Crippen LogP contribution is -2.14. The Kier molecular flexibility index (Phi) is 4.18. The molecule has 88 valence electrons. The number of benzene rings is 1. The standard InChI is InChI=1S/C14H16N2S/c1-17-14-5-3-2-4-12(14)13(15)10-11-6-8-16-9-7-11/h2-9,13H,10,15H2,1H3. The van der Waals surface area contributed by atoms with E-state index in [9.17, 15) is 0 Å². The highest BCUT2D eigenvalue weighted by Gasteiger charge is 2.10. The quantitative estimate of drug-likeness (QED) is 0.840. The minimum absolute atomic E-state index is 0.0426. The van der Waals surface area contributed by atoms with Crippen molar-refractivity contribution < 1.29 is 0 Å². The number of hydrogen-bond acceptors (Lipinski definition) is 3. The van der Waals surface area contributed by atoms with E-state index in [0.29, 0.717) is 0 Å².